The van der Waals surface area contributed by atoms with Gasteiger partial charge in [-0.15, -0.1) is 0 Å². The number of benzene rings is 1. The summed E-state index contributed by atoms with van der Waals surface area (Å²) in [6.07, 6.45) is 6.77. The van der Waals surface area contributed by atoms with E-state index < -0.39 is 5.60 Å². The number of rotatable bonds is 3. The third-order valence-corrected chi connectivity index (χ3v) is 4.74. The second kappa shape index (κ2) is 4.63. The fourth-order valence-electron chi connectivity index (χ4n) is 3.38. The molecule has 4 rings (SSSR count). The lowest BCUT2D eigenvalue weighted by Gasteiger charge is -2.48. The van der Waals surface area contributed by atoms with Crippen LogP contribution in [0.1, 0.15) is 24.8 Å². The molecule has 4 nitrogen and oxygen atoms in total. The van der Waals surface area contributed by atoms with Crippen molar-refractivity contribution >= 4 is 5.71 Å². The maximum atomic E-state index is 9.31. The van der Waals surface area contributed by atoms with Crippen molar-refractivity contribution in [1.82, 2.24) is 0 Å². The maximum Gasteiger partial charge on any atom is 0.127 e. The van der Waals surface area contributed by atoms with Gasteiger partial charge in [0, 0.05) is 18.9 Å². The number of fused-ring (bicyclic) bond motifs is 2. The first-order valence-electron chi connectivity index (χ1n) is 6.79. The third-order valence-electron chi connectivity index (χ3n) is 4.74. The lowest BCUT2D eigenvalue weighted by Crippen LogP contribution is -2.52. The minimum Gasteiger partial charge on any atom is -0.497 e. The number of nitrogens with zero attached hydrogens (tertiary/aromatic N) is 1. The molecular formula is C16H19NO3. The maximum absolute atomic E-state index is 9.31. The standard InChI is InChI=1S/C16H19NO3/c1-19-13-5-3-12(4-6-13)15-7-9-16(20-2,10-8-15)14(11-15)17-18/h3-7,9,18H,8,10-11H2,1-2H3/b17-14+. The molecule has 0 aliphatic heterocycles. The van der Waals surface area contributed by atoms with Crippen molar-refractivity contribution in [2.45, 2.75) is 30.3 Å². The van der Waals surface area contributed by atoms with E-state index in [0.29, 0.717) is 12.1 Å². The van der Waals surface area contributed by atoms with E-state index in [0.717, 1.165) is 18.6 Å². The fourth-order valence-corrected chi connectivity index (χ4v) is 3.38. The molecule has 0 radical (unpaired) electrons. The normalized spacial score (nSPS) is 33.6. The highest BCUT2D eigenvalue weighted by Crippen LogP contribution is 2.49. The van der Waals surface area contributed by atoms with Crippen molar-refractivity contribution in [3.63, 3.8) is 0 Å². The van der Waals surface area contributed by atoms with E-state index >= 15 is 0 Å². The van der Waals surface area contributed by atoms with Gasteiger partial charge in [-0.2, -0.15) is 0 Å². The van der Waals surface area contributed by atoms with Gasteiger partial charge in [0.15, 0.2) is 0 Å². The molecule has 4 heteroatoms. The Morgan fingerprint density at radius 1 is 1.10 bits per heavy atom. The number of oxime groups is 1. The van der Waals surface area contributed by atoms with Gasteiger partial charge in [-0.25, -0.2) is 0 Å². The second-order valence-corrected chi connectivity index (χ2v) is 5.54. The highest BCUT2D eigenvalue weighted by Gasteiger charge is 2.50. The van der Waals surface area contributed by atoms with Gasteiger partial charge >= 0.3 is 0 Å². The summed E-state index contributed by atoms with van der Waals surface area (Å²) in [7, 11) is 3.33. The first-order valence-corrected chi connectivity index (χ1v) is 6.79. The number of allylic oxidation sites excluding steroid dienone is 1. The van der Waals surface area contributed by atoms with Gasteiger partial charge in [0.05, 0.1) is 12.8 Å². The lowest BCUT2D eigenvalue weighted by molar-refractivity contribution is 0.0524. The Morgan fingerprint density at radius 2 is 1.85 bits per heavy atom. The molecule has 0 aromatic heterocycles. The van der Waals surface area contributed by atoms with Gasteiger partial charge in [-0.3, -0.25) is 0 Å². The van der Waals surface area contributed by atoms with Crippen LogP contribution in [-0.2, 0) is 10.2 Å². The molecule has 0 saturated heterocycles. The van der Waals surface area contributed by atoms with Crippen molar-refractivity contribution in [2.24, 2.45) is 5.16 Å². The Kier molecular flexibility index (Phi) is 3.05. The van der Waals surface area contributed by atoms with E-state index in [1.54, 1.807) is 14.2 Å². The topological polar surface area (TPSA) is 51.0 Å². The molecule has 20 heavy (non-hydrogen) atoms. The van der Waals surface area contributed by atoms with E-state index in [4.69, 9.17) is 9.47 Å². The lowest BCUT2D eigenvalue weighted by atomic mass is 9.59. The molecule has 0 amide bonds. The van der Waals surface area contributed by atoms with Crippen molar-refractivity contribution < 1.29 is 14.7 Å². The predicted octanol–water partition coefficient (Wildman–Crippen LogP) is 2.90. The van der Waals surface area contributed by atoms with Crippen LogP contribution in [0, 0.1) is 0 Å². The summed E-state index contributed by atoms with van der Waals surface area (Å²) in [5, 5.41) is 12.8. The summed E-state index contributed by atoms with van der Waals surface area (Å²) in [6, 6.07) is 8.12. The fraction of sp³-hybridized carbons (Fsp3) is 0.438. The van der Waals surface area contributed by atoms with E-state index in [-0.39, 0.29) is 5.41 Å². The summed E-state index contributed by atoms with van der Waals surface area (Å²) in [5.74, 6) is 0.850. The number of ether oxygens (including phenoxy) is 2. The molecule has 1 N–H and O–H groups in total. The Labute approximate surface area is 118 Å². The van der Waals surface area contributed by atoms with Crippen LogP contribution in [0.15, 0.2) is 41.6 Å². The van der Waals surface area contributed by atoms with Crippen LogP contribution in [0.5, 0.6) is 5.75 Å². The molecule has 3 aliphatic carbocycles. The second-order valence-electron chi connectivity index (χ2n) is 5.54. The molecule has 2 bridgehead atoms. The summed E-state index contributed by atoms with van der Waals surface area (Å²) in [6.45, 7) is 0. The first kappa shape index (κ1) is 13.2. The van der Waals surface area contributed by atoms with Crippen LogP contribution in [0.4, 0.5) is 0 Å². The van der Waals surface area contributed by atoms with Gasteiger partial charge in [0.2, 0.25) is 0 Å². The number of hydrogen-bond donors (Lipinski definition) is 1. The van der Waals surface area contributed by atoms with E-state index in [2.05, 4.69) is 23.4 Å². The smallest absolute Gasteiger partial charge is 0.127 e. The number of methoxy groups -OCH3 is 2. The van der Waals surface area contributed by atoms with Crippen molar-refractivity contribution in [3.05, 3.63) is 42.0 Å². The van der Waals surface area contributed by atoms with Crippen molar-refractivity contribution in [2.75, 3.05) is 14.2 Å². The summed E-state index contributed by atoms with van der Waals surface area (Å²) in [4.78, 5) is 0. The quantitative estimate of drug-likeness (QED) is 0.523. The van der Waals surface area contributed by atoms with Gasteiger partial charge in [0.1, 0.15) is 11.4 Å². The molecule has 3 aliphatic rings. The van der Waals surface area contributed by atoms with Crippen molar-refractivity contribution in [3.8, 4) is 5.75 Å². The first-order chi connectivity index (χ1) is 9.68. The monoisotopic (exact) mass is 273 g/mol. The predicted molar refractivity (Wildman–Crippen MR) is 76.6 cm³/mol. The van der Waals surface area contributed by atoms with Gasteiger partial charge in [-0.1, -0.05) is 29.4 Å². The SMILES string of the molecule is COc1ccc(C23C=CC(OC)(CC2)/C(=N/O)C3)cc1. The van der Waals surface area contributed by atoms with Gasteiger partial charge < -0.3 is 14.7 Å². The van der Waals surface area contributed by atoms with E-state index in [1.165, 1.54) is 5.56 Å². The summed E-state index contributed by atoms with van der Waals surface area (Å²) < 4.78 is 10.8. The number of hydrogen-bond acceptors (Lipinski definition) is 4. The van der Waals surface area contributed by atoms with Crippen LogP contribution in [0.3, 0.4) is 0 Å². The molecule has 0 heterocycles. The largest absolute Gasteiger partial charge is 0.497 e. The zero-order chi connectivity index (χ0) is 14.2. The molecule has 2 unspecified atom stereocenters. The van der Waals surface area contributed by atoms with Crippen LogP contribution < -0.4 is 4.74 Å². The molecule has 1 fully saturated rings. The Morgan fingerprint density at radius 3 is 2.35 bits per heavy atom. The van der Waals surface area contributed by atoms with Crippen LogP contribution in [0.2, 0.25) is 0 Å². The molecule has 106 valence electrons. The summed E-state index contributed by atoms with van der Waals surface area (Å²) in [5.41, 5.74) is 1.33. The van der Waals surface area contributed by atoms with Crippen LogP contribution in [-0.4, -0.2) is 30.7 Å². The average molecular weight is 273 g/mol. The van der Waals surface area contributed by atoms with E-state index in [1.807, 2.05) is 18.2 Å². The molecule has 1 aromatic carbocycles. The average Bonchev–Trinajstić information content (AvgIpc) is 2.55. The highest BCUT2D eigenvalue weighted by molar-refractivity contribution is 5.97. The zero-order valence-electron chi connectivity index (χ0n) is 11.8. The highest BCUT2D eigenvalue weighted by atomic mass is 16.5. The molecule has 2 atom stereocenters. The van der Waals surface area contributed by atoms with Gasteiger partial charge in [0.25, 0.3) is 0 Å². The van der Waals surface area contributed by atoms with E-state index in [9.17, 15) is 5.21 Å². The zero-order valence-corrected chi connectivity index (χ0v) is 11.8. The Hall–Kier alpha value is -1.81. The molecule has 1 aromatic rings. The van der Waals surface area contributed by atoms with Crippen LogP contribution in [0.25, 0.3) is 0 Å². The van der Waals surface area contributed by atoms with Crippen molar-refractivity contribution in [1.29, 1.82) is 0 Å². The minimum atomic E-state index is -0.511. The van der Waals surface area contributed by atoms with Gasteiger partial charge in [-0.05, 0) is 30.5 Å². The Balaban J connectivity index is 2.01. The summed E-state index contributed by atoms with van der Waals surface area (Å²) >= 11 is 0. The molecule has 0 spiro atoms. The third kappa shape index (κ3) is 1.75. The van der Waals surface area contributed by atoms with Crippen LogP contribution >= 0.6 is 0 Å². The Bertz CT molecular complexity index is 564. The molecular weight excluding hydrogens is 254 g/mol. The minimum absolute atomic E-state index is 0.0892. The molecule has 1 saturated carbocycles.